The predicted octanol–water partition coefficient (Wildman–Crippen LogP) is 1.64. The Kier molecular flexibility index (Phi) is 4.19. The third kappa shape index (κ3) is 2.80. The molecule has 1 aromatic rings. The highest BCUT2D eigenvalue weighted by Crippen LogP contribution is 2.44. The first-order chi connectivity index (χ1) is 10.2. The highest BCUT2D eigenvalue weighted by Gasteiger charge is 2.41. The Balaban J connectivity index is 1.79. The molecule has 1 saturated carbocycles. The molecule has 0 bridgehead atoms. The van der Waals surface area contributed by atoms with Gasteiger partial charge in [0, 0.05) is 19.2 Å². The van der Waals surface area contributed by atoms with E-state index in [9.17, 15) is 0 Å². The third-order valence-corrected chi connectivity index (χ3v) is 5.30. The lowest BCUT2D eigenvalue weighted by Crippen LogP contribution is -2.46. The number of hydrazine groups is 1. The van der Waals surface area contributed by atoms with Crippen molar-refractivity contribution in [3.05, 3.63) is 11.8 Å². The Hall–Kier alpha value is -1.11. The van der Waals surface area contributed by atoms with Gasteiger partial charge in [0.2, 0.25) is 0 Å². The van der Waals surface area contributed by atoms with Crippen LogP contribution in [0.5, 0.6) is 0 Å². The maximum atomic E-state index is 6.18. The van der Waals surface area contributed by atoms with Gasteiger partial charge in [-0.25, -0.2) is 0 Å². The van der Waals surface area contributed by atoms with E-state index in [1.807, 2.05) is 13.2 Å². The molecule has 2 atom stereocenters. The topological polar surface area (TPSA) is 91.1 Å². The Bertz CT molecular complexity index is 475. The number of aryl methyl sites for hydroxylation is 1. The first kappa shape index (κ1) is 14.8. The molecule has 3 rings (SSSR count). The van der Waals surface area contributed by atoms with Gasteiger partial charge in [-0.15, -0.1) is 0 Å². The molecular weight excluding hydrogens is 266 g/mol. The average Bonchev–Trinajstić information content (AvgIpc) is 2.82. The lowest BCUT2D eigenvalue weighted by atomic mass is 9.73. The Morgan fingerprint density at radius 1 is 1.43 bits per heavy atom. The van der Waals surface area contributed by atoms with Gasteiger partial charge in [0.25, 0.3) is 0 Å². The van der Waals surface area contributed by atoms with E-state index in [-0.39, 0.29) is 11.6 Å². The molecule has 0 radical (unpaired) electrons. The van der Waals surface area contributed by atoms with Gasteiger partial charge in [0.15, 0.2) is 0 Å². The van der Waals surface area contributed by atoms with E-state index in [2.05, 4.69) is 10.5 Å². The van der Waals surface area contributed by atoms with Gasteiger partial charge in [0.1, 0.15) is 5.82 Å². The molecule has 6 heteroatoms. The summed E-state index contributed by atoms with van der Waals surface area (Å²) in [5.74, 6) is 7.00. The van der Waals surface area contributed by atoms with Crippen LogP contribution < -0.4 is 17.0 Å². The van der Waals surface area contributed by atoms with Crippen LogP contribution in [0.15, 0.2) is 6.20 Å². The molecule has 0 aromatic carbocycles. The van der Waals surface area contributed by atoms with Crippen molar-refractivity contribution in [3.8, 4) is 0 Å². The van der Waals surface area contributed by atoms with E-state index in [4.69, 9.17) is 16.3 Å². The summed E-state index contributed by atoms with van der Waals surface area (Å²) in [5, 5.41) is 4.25. The Morgan fingerprint density at radius 2 is 2.19 bits per heavy atom. The normalized spacial score (nSPS) is 26.9. The van der Waals surface area contributed by atoms with Gasteiger partial charge in [0.05, 0.1) is 17.8 Å². The van der Waals surface area contributed by atoms with Crippen LogP contribution >= 0.6 is 0 Å². The maximum absolute atomic E-state index is 6.18. The Labute approximate surface area is 126 Å². The fraction of sp³-hybridized carbons (Fsp3) is 0.800. The van der Waals surface area contributed by atoms with Crippen LogP contribution in [0, 0.1) is 5.92 Å². The summed E-state index contributed by atoms with van der Waals surface area (Å²) in [6.45, 7) is 0.822. The smallest absolute Gasteiger partial charge is 0.126 e. The zero-order chi connectivity index (χ0) is 14.9. The molecule has 1 aliphatic heterocycles. The standard InChI is InChI=1S/C15H27N5O/c1-20-14(16)12(10-18-20)13(19-17)11-5-8-21-15(9-11)6-3-2-4-7-15/h10-11,13,19H,2-9,16-17H2,1H3. The summed E-state index contributed by atoms with van der Waals surface area (Å²) in [6, 6.07) is 0.0569. The SMILES string of the molecule is Cn1ncc(C(NN)C2CCOC3(CCCCC3)C2)c1N. The second kappa shape index (κ2) is 5.94. The van der Waals surface area contributed by atoms with E-state index < -0.39 is 0 Å². The van der Waals surface area contributed by atoms with Crippen molar-refractivity contribution < 1.29 is 4.74 Å². The van der Waals surface area contributed by atoms with Crippen LogP contribution in [-0.4, -0.2) is 22.0 Å². The Morgan fingerprint density at radius 3 is 2.81 bits per heavy atom. The van der Waals surface area contributed by atoms with Crippen LogP contribution in [0.1, 0.15) is 56.6 Å². The van der Waals surface area contributed by atoms with Gasteiger partial charge in [-0.1, -0.05) is 19.3 Å². The van der Waals surface area contributed by atoms with Gasteiger partial charge in [-0.05, 0) is 31.6 Å². The molecule has 2 heterocycles. The zero-order valence-corrected chi connectivity index (χ0v) is 12.8. The van der Waals surface area contributed by atoms with E-state index in [1.165, 1.54) is 32.1 Å². The summed E-state index contributed by atoms with van der Waals surface area (Å²) < 4.78 is 7.89. The molecule has 2 fully saturated rings. The number of hydrogen-bond donors (Lipinski definition) is 3. The molecule has 2 aliphatic rings. The van der Waals surface area contributed by atoms with Gasteiger partial charge in [-0.2, -0.15) is 5.10 Å². The number of ether oxygens (including phenoxy) is 1. The van der Waals surface area contributed by atoms with Gasteiger partial charge >= 0.3 is 0 Å². The van der Waals surface area contributed by atoms with Crippen LogP contribution in [0.4, 0.5) is 5.82 Å². The van der Waals surface area contributed by atoms with E-state index in [0.717, 1.165) is 25.0 Å². The molecule has 1 spiro atoms. The fourth-order valence-corrected chi connectivity index (χ4v) is 4.08. The summed E-state index contributed by atoms with van der Waals surface area (Å²) in [6.07, 6.45) is 10.2. The monoisotopic (exact) mass is 293 g/mol. The van der Waals surface area contributed by atoms with Crippen molar-refractivity contribution in [2.24, 2.45) is 18.8 Å². The number of anilines is 1. The molecule has 21 heavy (non-hydrogen) atoms. The summed E-state index contributed by atoms with van der Waals surface area (Å²) in [7, 11) is 1.86. The van der Waals surface area contributed by atoms with Crippen molar-refractivity contribution in [1.82, 2.24) is 15.2 Å². The van der Waals surface area contributed by atoms with E-state index >= 15 is 0 Å². The minimum Gasteiger partial charge on any atom is -0.384 e. The zero-order valence-electron chi connectivity index (χ0n) is 12.8. The van der Waals surface area contributed by atoms with Crippen LogP contribution in [0.3, 0.4) is 0 Å². The summed E-state index contributed by atoms with van der Waals surface area (Å²) >= 11 is 0. The number of nitrogens with zero attached hydrogens (tertiary/aromatic N) is 2. The molecule has 2 unspecified atom stereocenters. The molecule has 6 nitrogen and oxygen atoms in total. The lowest BCUT2D eigenvalue weighted by molar-refractivity contribution is -0.122. The number of nitrogens with two attached hydrogens (primary N) is 2. The maximum Gasteiger partial charge on any atom is 0.126 e. The average molecular weight is 293 g/mol. The van der Waals surface area contributed by atoms with Crippen LogP contribution in [-0.2, 0) is 11.8 Å². The van der Waals surface area contributed by atoms with Gasteiger partial charge < -0.3 is 10.5 Å². The molecule has 1 aromatic heterocycles. The van der Waals surface area contributed by atoms with Crippen molar-refractivity contribution >= 4 is 5.82 Å². The minimum atomic E-state index is 0.0569. The fourth-order valence-electron chi connectivity index (χ4n) is 4.08. The minimum absolute atomic E-state index is 0.0569. The second-order valence-corrected chi connectivity index (χ2v) is 6.60. The number of rotatable bonds is 3. The first-order valence-electron chi connectivity index (χ1n) is 8.03. The third-order valence-electron chi connectivity index (χ3n) is 5.30. The van der Waals surface area contributed by atoms with Crippen molar-refractivity contribution in [1.29, 1.82) is 0 Å². The highest BCUT2D eigenvalue weighted by molar-refractivity contribution is 5.41. The quantitative estimate of drug-likeness (QED) is 0.582. The predicted molar refractivity (Wildman–Crippen MR) is 82.2 cm³/mol. The molecular formula is C15H27N5O. The molecule has 0 amide bonds. The van der Waals surface area contributed by atoms with Crippen molar-refractivity contribution in [3.63, 3.8) is 0 Å². The summed E-state index contributed by atoms with van der Waals surface area (Å²) in [4.78, 5) is 0. The number of hydrogen-bond acceptors (Lipinski definition) is 5. The first-order valence-corrected chi connectivity index (χ1v) is 8.03. The van der Waals surface area contributed by atoms with Crippen LogP contribution in [0.25, 0.3) is 0 Å². The van der Waals surface area contributed by atoms with Crippen molar-refractivity contribution in [2.75, 3.05) is 12.3 Å². The molecule has 1 saturated heterocycles. The molecule has 5 N–H and O–H groups in total. The molecule has 118 valence electrons. The lowest BCUT2D eigenvalue weighted by Gasteiger charge is -2.45. The number of aromatic nitrogens is 2. The molecule has 1 aliphatic carbocycles. The highest BCUT2D eigenvalue weighted by atomic mass is 16.5. The largest absolute Gasteiger partial charge is 0.384 e. The second-order valence-electron chi connectivity index (χ2n) is 6.60. The van der Waals surface area contributed by atoms with Crippen molar-refractivity contribution in [2.45, 2.75) is 56.6 Å². The number of nitrogens with one attached hydrogen (secondary N) is 1. The number of nitrogen functional groups attached to an aromatic ring is 1. The van der Waals surface area contributed by atoms with Crippen LogP contribution in [0.2, 0.25) is 0 Å². The van der Waals surface area contributed by atoms with Gasteiger partial charge in [-0.3, -0.25) is 16.0 Å². The summed E-state index contributed by atoms with van der Waals surface area (Å²) in [5.41, 5.74) is 10.2. The van der Waals surface area contributed by atoms with E-state index in [1.54, 1.807) is 4.68 Å². The van der Waals surface area contributed by atoms with E-state index in [0.29, 0.717) is 11.7 Å².